The Morgan fingerprint density at radius 1 is 1.10 bits per heavy atom. The third kappa shape index (κ3) is 5.84. The van der Waals surface area contributed by atoms with E-state index in [9.17, 15) is 9.18 Å². The van der Waals surface area contributed by atoms with Gasteiger partial charge < -0.3 is 4.90 Å². The Labute approximate surface area is 191 Å². The second-order valence-corrected chi connectivity index (χ2v) is 8.84. The predicted molar refractivity (Wildman–Crippen MR) is 122 cm³/mol. The van der Waals surface area contributed by atoms with E-state index in [0.717, 1.165) is 17.1 Å². The molecule has 1 amide bonds. The summed E-state index contributed by atoms with van der Waals surface area (Å²) in [4.78, 5) is 16.4. The largest absolute Gasteiger partial charge is 0.341 e. The van der Waals surface area contributed by atoms with Crippen LogP contribution in [-0.2, 0) is 11.3 Å². The molecule has 3 rings (SSSR count). The van der Waals surface area contributed by atoms with Crippen LogP contribution in [0.15, 0.2) is 53.7 Å². The summed E-state index contributed by atoms with van der Waals surface area (Å²) in [5.74, 6) is 0.587. The van der Waals surface area contributed by atoms with Crippen molar-refractivity contribution in [1.29, 1.82) is 0 Å². The fourth-order valence-electron chi connectivity index (χ4n) is 2.90. The summed E-state index contributed by atoms with van der Waals surface area (Å²) in [7, 11) is 5.68. The van der Waals surface area contributed by atoms with Crippen LogP contribution in [0.4, 0.5) is 4.39 Å². The standard InChI is InChI=1S/C22H25ClFN5OS/c1-15(27(2)3)21-25-26-22(29(21)19-11-9-18(24)10-12-19)31-14-20(30)28(4)13-16-5-7-17(23)8-6-16/h5-12,15H,13-14H2,1-4H3/t15-/m0/s1. The molecule has 0 aliphatic heterocycles. The van der Waals surface area contributed by atoms with Crippen molar-refractivity contribution in [2.24, 2.45) is 0 Å². The SMILES string of the molecule is C[C@@H](c1nnc(SCC(=O)N(C)Cc2ccc(Cl)cc2)n1-c1ccc(F)cc1)N(C)C. The van der Waals surface area contributed by atoms with Crippen LogP contribution in [0, 0.1) is 5.82 Å². The lowest BCUT2D eigenvalue weighted by atomic mass is 10.2. The molecule has 0 saturated carbocycles. The molecule has 0 aliphatic rings. The highest BCUT2D eigenvalue weighted by molar-refractivity contribution is 7.99. The van der Waals surface area contributed by atoms with Gasteiger partial charge in [-0.05, 0) is 63.0 Å². The highest BCUT2D eigenvalue weighted by atomic mass is 35.5. The quantitative estimate of drug-likeness (QED) is 0.464. The van der Waals surface area contributed by atoms with Gasteiger partial charge in [0.2, 0.25) is 5.91 Å². The van der Waals surface area contributed by atoms with E-state index in [1.807, 2.05) is 54.8 Å². The lowest BCUT2D eigenvalue weighted by Crippen LogP contribution is -2.28. The number of carbonyl (C=O) groups excluding carboxylic acids is 1. The molecule has 0 bridgehead atoms. The molecule has 3 aromatic rings. The molecule has 0 aliphatic carbocycles. The minimum absolute atomic E-state index is 0.0183. The van der Waals surface area contributed by atoms with Crippen LogP contribution in [0.5, 0.6) is 0 Å². The van der Waals surface area contributed by atoms with Crippen LogP contribution in [0.3, 0.4) is 0 Å². The minimum Gasteiger partial charge on any atom is -0.341 e. The molecule has 1 atom stereocenters. The van der Waals surface area contributed by atoms with Gasteiger partial charge in [0.15, 0.2) is 11.0 Å². The number of halogens is 2. The first kappa shape index (κ1) is 23.2. The van der Waals surface area contributed by atoms with Crippen molar-refractivity contribution >= 4 is 29.3 Å². The average Bonchev–Trinajstić information content (AvgIpc) is 3.17. The summed E-state index contributed by atoms with van der Waals surface area (Å²) in [6.07, 6.45) is 0. The fourth-order valence-corrected chi connectivity index (χ4v) is 3.92. The van der Waals surface area contributed by atoms with E-state index in [1.165, 1.54) is 23.9 Å². The molecule has 0 N–H and O–H groups in total. The van der Waals surface area contributed by atoms with E-state index in [-0.39, 0.29) is 23.5 Å². The summed E-state index contributed by atoms with van der Waals surface area (Å²) in [5.41, 5.74) is 1.75. The smallest absolute Gasteiger partial charge is 0.233 e. The molecule has 0 saturated heterocycles. The molecule has 0 fully saturated rings. The van der Waals surface area contributed by atoms with Crippen molar-refractivity contribution < 1.29 is 9.18 Å². The number of hydrogen-bond donors (Lipinski definition) is 0. The molecule has 6 nitrogen and oxygen atoms in total. The Hall–Kier alpha value is -2.42. The molecule has 0 unspecified atom stereocenters. The predicted octanol–water partition coefficient (Wildman–Crippen LogP) is 4.43. The van der Waals surface area contributed by atoms with Crippen molar-refractivity contribution in [3.05, 3.63) is 70.8 Å². The molecule has 31 heavy (non-hydrogen) atoms. The molecule has 1 aromatic heterocycles. The molecule has 2 aromatic carbocycles. The molecule has 0 radical (unpaired) electrons. The second kappa shape index (κ2) is 10.3. The number of aromatic nitrogens is 3. The third-order valence-electron chi connectivity index (χ3n) is 4.97. The van der Waals surface area contributed by atoms with Gasteiger partial charge in [-0.3, -0.25) is 14.3 Å². The van der Waals surface area contributed by atoms with Gasteiger partial charge in [0.1, 0.15) is 5.82 Å². The van der Waals surface area contributed by atoms with Gasteiger partial charge in [-0.1, -0.05) is 35.5 Å². The lowest BCUT2D eigenvalue weighted by Gasteiger charge is -2.21. The molecule has 164 valence electrons. The van der Waals surface area contributed by atoms with Crippen molar-refractivity contribution in [2.75, 3.05) is 26.9 Å². The first-order chi connectivity index (χ1) is 14.8. The third-order valence-corrected chi connectivity index (χ3v) is 6.14. The van der Waals surface area contributed by atoms with Crippen molar-refractivity contribution in [3.8, 4) is 5.69 Å². The Morgan fingerprint density at radius 2 is 1.74 bits per heavy atom. The Bertz CT molecular complexity index is 1020. The van der Waals surface area contributed by atoms with E-state index in [0.29, 0.717) is 16.7 Å². The van der Waals surface area contributed by atoms with Gasteiger partial charge in [0.25, 0.3) is 0 Å². The zero-order valence-electron chi connectivity index (χ0n) is 17.9. The Balaban J connectivity index is 1.76. The summed E-state index contributed by atoms with van der Waals surface area (Å²) in [6, 6.07) is 13.6. The highest BCUT2D eigenvalue weighted by Gasteiger charge is 2.22. The summed E-state index contributed by atoms with van der Waals surface area (Å²) < 4.78 is 15.3. The van der Waals surface area contributed by atoms with Gasteiger partial charge in [-0.15, -0.1) is 10.2 Å². The number of rotatable bonds is 8. The van der Waals surface area contributed by atoms with Crippen molar-refractivity contribution in [1.82, 2.24) is 24.6 Å². The van der Waals surface area contributed by atoms with E-state index in [1.54, 1.807) is 24.1 Å². The van der Waals surface area contributed by atoms with E-state index in [2.05, 4.69) is 10.2 Å². The highest BCUT2D eigenvalue weighted by Crippen LogP contribution is 2.27. The summed E-state index contributed by atoms with van der Waals surface area (Å²) >= 11 is 7.23. The maximum atomic E-state index is 13.4. The summed E-state index contributed by atoms with van der Waals surface area (Å²) in [5, 5.41) is 9.92. The van der Waals surface area contributed by atoms with Crippen LogP contribution in [0.1, 0.15) is 24.4 Å². The average molecular weight is 462 g/mol. The number of benzene rings is 2. The number of thioether (sulfide) groups is 1. The number of amides is 1. The fraction of sp³-hybridized carbons (Fsp3) is 0.318. The van der Waals surface area contributed by atoms with Gasteiger partial charge in [0.05, 0.1) is 11.8 Å². The first-order valence-electron chi connectivity index (χ1n) is 9.75. The second-order valence-electron chi connectivity index (χ2n) is 7.46. The van der Waals surface area contributed by atoms with Gasteiger partial charge in [-0.25, -0.2) is 4.39 Å². The van der Waals surface area contributed by atoms with Crippen LogP contribution in [-0.4, -0.2) is 57.4 Å². The number of nitrogens with zero attached hydrogens (tertiary/aromatic N) is 5. The van der Waals surface area contributed by atoms with E-state index in [4.69, 9.17) is 11.6 Å². The first-order valence-corrected chi connectivity index (χ1v) is 11.1. The Kier molecular flexibility index (Phi) is 7.69. The maximum Gasteiger partial charge on any atom is 0.233 e. The lowest BCUT2D eigenvalue weighted by molar-refractivity contribution is -0.127. The monoisotopic (exact) mass is 461 g/mol. The van der Waals surface area contributed by atoms with Crippen LogP contribution >= 0.6 is 23.4 Å². The molecule has 9 heteroatoms. The number of hydrogen-bond acceptors (Lipinski definition) is 5. The van der Waals surface area contributed by atoms with Crippen molar-refractivity contribution in [2.45, 2.75) is 24.7 Å². The normalized spacial score (nSPS) is 12.2. The van der Waals surface area contributed by atoms with Crippen molar-refractivity contribution in [3.63, 3.8) is 0 Å². The number of carbonyl (C=O) groups is 1. The zero-order valence-corrected chi connectivity index (χ0v) is 19.5. The Morgan fingerprint density at radius 3 is 2.35 bits per heavy atom. The maximum absolute atomic E-state index is 13.4. The van der Waals surface area contributed by atoms with Gasteiger partial charge in [-0.2, -0.15) is 0 Å². The molecular formula is C22H25ClFN5OS. The van der Waals surface area contributed by atoms with Crippen LogP contribution in [0.25, 0.3) is 5.69 Å². The molecule has 0 spiro atoms. The minimum atomic E-state index is -0.313. The van der Waals surface area contributed by atoms with Crippen LogP contribution < -0.4 is 0 Å². The zero-order chi connectivity index (χ0) is 22.5. The van der Waals surface area contributed by atoms with Gasteiger partial charge in [0, 0.05) is 24.3 Å². The van der Waals surface area contributed by atoms with Crippen LogP contribution in [0.2, 0.25) is 5.02 Å². The van der Waals surface area contributed by atoms with E-state index < -0.39 is 0 Å². The topological polar surface area (TPSA) is 54.3 Å². The molecular weight excluding hydrogens is 437 g/mol. The van der Waals surface area contributed by atoms with Gasteiger partial charge >= 0.3 is 0 Å². The van der Waals surface area contributed by atoms with E-state index >= 15 is 0 Å². The summed E-state index contributed by atoms with van der Waals surface area (Å²) in [6.45, 7) is 2.51. The molecule has 1 heterocycles.